The summed E-state index contributed by atoms with van der Waals surface area (Å²) in [4.78, 5) is 24.6. The van der Waals surface area contributed by atoms with Crippen LogP contribution in [-0.4, -0.2) is 27.8 Å². The van der Waals surface area contributed by atoms with Crippen molar-refractivity contribution in [2.75, 3.05) is 5.32 Å². The molecular formula is C19H18F3N5O. The molecule has 2 aromatic heterocycles. The number of aromatic nitrogens is 2. The van der Waals surface area contributed by atoms with Gasteiger partial charge in [-0.15, -0.1) is 0 Å². The molecule has 0 aromatic carbocycles. The van der Waals surface area contributed by atoms with Crippen molar-refractivity contribution in [2.24, 2.45) is 16.6 Å². The van der Waals surface area contributed by atoms with Gasteiger partial charge in [-0.2, -0.15) is 13.2 Å². The van der Waals surface area contributed by atoms with E-state index in [-0.39, 0.29) is 23.4 Å². The lowest BCUT2D eigenvalue weighted by Crippen LogP contribution is -2.21. The Hall–Kier alpha value is -3.23. The first-order valence-electron chi connectivity index (χ1n) is 8.56. The minimum absolute atomic E-state index is 0.0470. The number of aryl methyl sites for hydroxylation is 1. The summed E-state index contributed by atoms with van der Waals surface area (Å²) in [7, 11) is 0. The van der Waals surface area contributed by atoms with Crippen LogP contribution in [0.5, 0.6) is 0 Å². The van der Waals surface area contributed by atoms with Crippen molar-refractivity contribution in [2.45, 2.75) is 25.9 Å². The molecule has 0 unspecified atom stereocenters. The molecule has 1 aliphatic carbocycles. The fourth-order valence-electron chi connectivity index (χ4n) is 2.43. The summed E-state index contributed by atoms with van der Waals surface area (Å²) in [6.45, 7) is 1.78. The van der Waals surface area contributed by atoms with E-state index in [0.29, 0.717) is 11.4 Å². The number of halogens is 3. The number of carbonyl (C=O) groups is 1. The largest absolute Gasteiger partial charge is 0.430 e. The Labute approximate surface area is 159 Å². The number of carbonyl (C=O) groups excluding carboxylic acids is 1. The number of amides is 1. The van der Waals surface area contributed by atoms with Crippen LogP contribution in [0.2, 0.25) is 0 Å². The van der Waals surface area contributed by atoms with Crippen LogP contribution in [0.25, 0.3) is 0 Å². The van der Waals surface area contributed by atoms with Gasteiger partial charge in [0.15, 0.2) is 5.82 Å². The highest BCUT2D eigenvalue weighted by molar-refractivity contribution is 6.04. The van der Waals surface area contributed by atoms with Gasteiger partial charge < -0.3 is 11.1 Å². The van der Waals surface area contributed by atoms with E-state index in [0.717, 1.165) is 24.5 Å². The fraction of sp³-hybridized carbons (Fsp3) is 0.263. The standard InChI is InChI=1S/C19H18F3N5O/c1-11-3-2-8-24-17(11)18(28)26-13-6-7-16(25-10-13)27-14(12-4-5-12)9-15(23)19(20,21)22/h2-3,6-10,12H,4-5,23H2,1H3,(H,26,28). The van der Waals surface area contributed by atoms with E-state index >= 15 is 0 Å². The van der Waals surface area contributed by atoms with Crippen LogP contribution in [0, 0.1) is 12.8 Å². The molecule has 1 aliphatic rings. The van der Waals surface area contributed by atoms with Gasteiger partial charge in [0.05, 0.1) is 11.9 Å². The second-order valence-electron chi connectivity index (χ2n) is 6.44. The molecule has 1 saturated carbocycles. The predicted octanol–water partition coefficient (Wildman–Crippen LogP) is 3.92. The monoisotopic (exact) mass is 389 g/mol. The molecule has 1 fully saturated rings. The van der Waals surface area contributed by atoms with E-state index in [1.54, 1.807) is 25.1 Å². The van der Waals surface area contributed by atoms with Crippen molar-refractivity contribution in [1.29, 1.82) is 0 Å². The summed E-state index contributed by atoms with van der Waals surface area (Å²) in [5.41, 5.74) is 5.62. The molecule has 2 heterocycles. The maximum Gasteiger partial charge on any atom is 0.430 e. The van der Waals surface area contributed by atoms with Crippen LogP contribution in [-0.2, 0) is 0 Å². The van der Waals surface area contributed by atoms with Gasteiger partial charge in [-0.25, -0.2) is 9.98 Å². The van der Waals surface area contributed by atoms with Crippen LogP contribution < -0.4 is 11.1 Å². The summed E-state index contributed by atoms with van der Waals surface area (Å²) in [5, 5.41) is 2.67. The summed E-state index contributed by atoms with van der Waals surface area (Å²) in [5.74, 6) is -0.190. The number of nitrogens with two attached hydrogens (primary N) is 1. The third kappa shape index (κ3) is 4.93. The summed E-state index contributed by atoms with van der Waals surface area (Å²) in [6, 6.07) is 6.60. The van der Waals surface area contributed by atoms with E-state index in [2.05, 4.69) is 20.3 Å². The molecule has 0 saturated heterocycles. The highest BCUT2D eigenvalue weighted by Crippen LogP contribution is 2.34. The maximum atomic E-state index is 12.7. The van der Waals surface area contributed by atoms with Gasteiger partial charge in [-0.3, -0.25) is 9.78 Å². The lowest BCUT2D eigenvalue weighted by atomic mass is 10.2. The predicted molar refractivity (Wildman–Crippen MR) is 99.3 cm³/mol. The number of allylic oxidation sites excluding steroid dienone is 2. The summed E-state index contributed by atoms with van der Waals surface area (Å²) in [6.07, 6.45) is 0.698. The zero-order valence-electron chi connectivity index (χ0n) is 15.0. The number of nitrogens with one attached hydrogen (secondary N) is 1. The van der Waals surface area contributed by atoms with E-state index in [4.69, 9.17) is 5.73 Å². The molecule has 3 rings (SSSR count). The molecule has 0 spiro atoms. The van der Waals surface area contributed by atoms with Gasteiger partial charge >= 0.3 is 6.18 Å². The molecule has 146 valence electrons. The average molecular weight is 389 g/mol. The zero-order chi connectivity index (χ0) is 20.3. The SMILES string of the molecule is Cc1cccnc1C(=O)Nc1ccc(N=C(C=C(N)C(F)(F)F)C2CC2)nc1. The van der Waals surface area contributed by atoms with Crippen molar-refractivity contribution in [1.82, 2.24) is 9.97 Å². The smallest absolute Gasteiger partial charge is 0.395 e. The van der Waals surface area contributed by atoms with E-state index in [1.807, 2.05) is 0 Å². The number of hydrogen-bond donors (Lipinski definition) is 2. The Morgan fingerprint density at radius 2 is 2.04 bits per heavy atom. The van der Waals surface area contributed by atoms with Crippen LogP contribution in [0.3, 0.4) is 0 Å². The first-order chi connectivity index (χ1) is 13.2. The number of anilines is 1. The van der Waals surface area contributed by atoms with Crippen LogP contribution >= 0.6 is 0 Å². The highest BCUT2D eigenvalue weighted by atomic mass is 19.4. The van der Waals surface area contributed by atoms with Gasteiger partial charge in [-0.05, 0) is 49.6 Å². The summed E-state index contributed by atoms with van der Waals surface area (Å²) >= 11 is 0. The van der Waals surface area contributed by atoms with Crippen molar-refractivity contribution < 1.29 is 18.0 Å². The molecule has 3 N–H and O–H groups in total. The number of pyridine rings is 2. The first kappa shape index (κ1) is 19.5. The number of rotatable bonds is 5. The fourth-order valence-corrected chi connectivity index (χ4v) is 2.43. The van der Waals surface area contributed by atoms with Gasteiger partial charge in [-0.1, -0.05) is 6.07 Å². The van der Waals surface area contributed by atoms with Crippen molar-refractivity contribution >= 4 is 23.1 Å². The van der Waals surface area contributed by atoms with E-state index < -0.39 is 11.9 Å². The van der Waals surface area contributed by atoms with Crippen LogP contribution in [0.1, 0.15) is 28.9 Å². The number of hydrogen-bond acceptors (Lipinski definition) is 5. The highest BCUT2D eigenvalue weighted by Gasteiger charge is 2.34. The normalized spacial score (nSPS) is 15.4. The molecule has 0 radical (unpaired) electrons. The van der Waals surface area contributed by atoms with Crippen molar-refractivity contribution in [3.63, 3.8) is 0 Å². The number of alkyl halides is 3. The topological polar surface area (TPSA) is 93.3 Å². The van der Waals surface area contributed by atoms with Gasteiger partial charge in [0.2, 0.25) is 0 Å². The molecule has 6 nitrogen and oxygen atoms in total. The minimum atomic E-state index is -4.60. The maximum absolute atomic E-state index is 12.7. The van der Waals surface area contributed by atoms with Crippen molar-refractivity contribution in [3.8, 4) is 0 Å². The molecule has 0 bridgehead atoms. The Morgan fingerprint density at radius 3 is 2.61 bits per heavy atom. The molecule has 0 aliphatic heterocycles. The zero-order valence-corrected chi connectivity index (χ0v) is 15.0. The Balaban J connectivity index is 1.75. The molecule has 2 aromatic rings. The third-order valence-corrected chi connectivity index (χ3v) is 4.10. The lowest BCUT2D eigenvalue weighted by molar-refractivity contribution is -0.0925. The quantitative estimate of drug-likeness (QED) is 0.758. The van der Waals surface area contributed by atoms with Gasteiger partial charge in [0.25, 0.3) is 5.91 Å². The second kappa shape index (κ2) is 7.79. The Kier molecular flexibility index (Phi) is 5.43. The van der Waals surface area contributed by atoms with E-state index in [9.17, 15) is 18.0 Å². The molecule has 9 heteroatoms. The number of nitrogens with zero attached hydrogens (tertiary/aromatic N) is 3. The first-order valence-corrected chi connectivity index (χ1v) is 8.56. The molecule has 1 amide bonds. The Bertz CT molecular complexity index is 931. The molecule has 28 heavy (non-hydrogen) atoms. The number of aliphatic imine (C=N–C) groups is 1. The van der Waals surface area contributed by atoms with Crippen LogP contribution in [0.15, 0.2) is 53.4 Å². The van der Waals surface area contributed by atoms with E-state index in [1.165, 1.54) is 18.5 Å². The van der Waals surface area contributed by atoms with Crippen LogP contribution in [0.4, 0.5) is 24.7 Å². The molecular weight excluding hydrogens is 371 g/mol. The second-order valence-corrected chi connectivity index (χ2v) is 6.44. The molecule has 0 atom stereocenters. The van der Waals surface area contributed by atoms with Gasteiger partial charge in [0, 0.05) is 17.8 Å². The summed E-state index contributed by atoms with van der Waals surface area (Å²) < 4.78 is 38.0. The van der Waals surface area contributed by atoms with Gasteiger partial charge in [0.1, 0.15) is 11.4 Å². The average Bonchev–Trinajstić information content (AvgIpc) is 3.47. The minimum Gasteiger partial charge on any atom is -0.395 e. The lowest BCUT2D eigenvalue weighted by Gasteiger charge is -2.08. The third-order valence-electron chi connectivity index (χ3n) is 4.10. The van der Waals surface area contributed by atoms with Crippen molar-refractivity contribution in [3.05, 3.63) is 59.7 Å². The Morgan fingerprint density at radius 1 is 1.29 bits per heavy atom.